The number of ether oxygens (including phenoxy) is 2. The number of carbonyl (C=O) groups is 2. The van der Waals surface area contributed by atoms with Gasteiger partial charge in [-0.2, -0.15) is 0 Å². The molecule has 0 radical (unpaired) electrons. The Hall–Kier alpha value is -3.52. The predicted octanol–water partition coefficient (Wildman–Crippen LogP) is 6.10. The number of hydrogen-bond acceptors (Lipinski definition) is 7. The maximum absolute atomic E-state index is 13.4. The van der Waals surface area contributed by atoms with Crippen molar-refractivity contribution in [1.82, 2.24) is 10.2 Å². The molecule has 0 unspecified atom stereocenters. The number of benzene rings is 2. The molecule has 2 atom stereocenters. The molecule has 0 bridgehead atoms. The number of fused-ring (bicyclic) bond motifs is 1. The highest BCUT2D eigenvalue weighted by Crippen LogP contribution is 2.45. The van der Waals surface area contributed by atoms with Crippen molar-refractivity contribution in [3.8, 4) is 5.75 Å². The van der Waals surface area contributed by atoms with Crippen LogP contribution in [0, 0.1) is 0 Å². The van der Waals surface area contributed by atoms with Gasteiger partial charge in [0.25, 0.3) is 0 Å². The van der Waals surface area contributed by atoms with Crippen molar-refractivity contribution in [2.75, 3.05) is 0 Å². The zero-order chi connectivity index (χ0) is 27.2. The van der Waals surface area contributed by atoms with E-state index < -0.39 is 12.0 Å². The molecular formula is C30H35N3O4S. The van der Waals surface area contributed by atoms with Gasteiger partial charge >= 0.3 is 5.97 Å². The summed E-state index contributed by atoms with van der Waals surface area (Å²) in [6.07, 6.45) is 0.753. The molecular weight excluding hydrogens is 498 g/mol. The topological polar surface area (TPSA) is 80.2 Å². The number of nitrogens with one attached hydrogen (secondary N) is 1. The van der Waals surface area contributed by atoms with Crippen LogP contribution in [0.3, 0.4) is 0 Å². The number of amidine groups is 1. The average Bonchev–Trinajstić information content (AvgIpc) is 3.28. The molecule has 0 saturated heterocycles. The van der Waals surface area contributed by atoms with E-state index in [9.17, 15) is 9.59 Å². The molecule has 1 N–H and O–H groups in total. The number of esters is 1. The van der Waals surface area contributed by atoms with Crippen LogP contribution in [-0.2, 0) is 20.9 Å². The van der Waals surface area contributed by atoms with Gasteiger partial charge in [0.05, 0.1) is 29.8 Å². The standard InChI is InChI=1S/C30H35N3O4S/c1-6-20(4)31-26(34)16-24-18-38-30-32-21(5)27(29(35)37-19(2)3)28(33(24)30)23-13-10-14-25(15-23)36-17-22-11-8-7-9-12-22/h7-15,18-20,28H,6,16-17H2,1-5H3,(H,31,34)/t20-,28-/m1/s1. The molecule has 0 spiro atoms. The summed E-state index contributed by atoms with van der Waals surface area (Å²) in [6.45, 7) is 9.94. The first-order valence-electron chi connectivity index (χ1n) is 13.0. The zero-order valence-corrected chi connectivity index (χ0v) is 23.4. The van der Waals surface area contributed by atoms with E-state index in [-0.39, 0.29) is 24.5 Å². The van der Waals surface area contributed by atoms with Gasteiger partial charge in [-0.3, -0.25) is 4.79 Å². The van der Waals surface area contributed by atoms with Gasteiger partial charge in [-0.05, 0) is 62.8 Å². The van der Waals surface area contributed by atoms with Crippen LogP contribution in [0.4, 0.5) is 0 Å². The van der Waals surface area contributed by atoms with E-state index in [0.29, 0.717) is 23.6 Å². The molecule has 2 aliphatic rings. The Morgan fingerprint density at radius 3 is 2.58 bits per heavy atom. The molecule has 2 aliphatic heterocycles. The van der Waals surface area contributed by atoms with E-state index in [0.717, 1.165) is 28.4 Å². The molecule has 0 aromatic heterocycles. The van der Waals surface area contributed by atoms with Crippen LogP contribution in [0.25, 0.3) is 0 Å². The van der Waals surface area contributed by atoms with Gasteiger partial charge in [0, 0.05) is 11.7 Å². The normalized spacial score (nSPS) is 17.5. The Morgan fingerprint density at radius 1 is 1.11 bits per heavy atom. The van der Waals surface area contributed by atoms with E-state index in [4.69, 9.17) is 14.5 Å². The summed E-state index contributed by atoms with van der Waals surface area (Å²) in [4.78, 5) is 32.9. The van der Waals surface area contributed by atoms with Crippen molar-refractivity contribution in [3.05, 3.63) is 88.1 Å². The zero-order valence-electron chi connectivity index (χ0n) is 22.6. The SMILES string of the molecule is CC[C@@H](C)NC(=O)CC1=CSC2=NC(C)=C(C(=O)OC(C)C)[C@@H](c3cccc(OCc4ccccc4)c3)N12. The second-order valence-electron chi connectivity index (χ2n) is 9.75. The Morgan fingerprint density at radius 2 is 1.87 bits per heavy atom. The third-order valence-electron chi connectivity index (χ3n) is 6.35. The molecule has 4 rings (SSSR count). The number of hydrogen-bond donors (Lipinski definition) is 1. The first-order valence-corrected chi connectivity index (χ1v) is 13.9. The van der Waals surface area contributed by atoms with E-state index >= 15 is 0 Å². The summed E-state index contributed by atoms with van der Waals surface area (Å²) in [7, 11) is 0. The number of amides is 1. The number of thioether (sulfide) groups is 1. The fourth-order valence-corrected chi connectivity index (χ4v) is 5.30. The molecule has 2 heterocycles. The summed E-state index contributed by atoms with van der Waals surface area (Å²) >= 11 is 1.46. The number of rotatable bonds is 10. The first kappa shape index (κ1) is 27.5. The lowest BCUT2D eigenvalue weighted by Crippen LogP contribution is -2.39. The molecule has 8 heteroatoms. The summed E-state index contributed by atoms with van der Waals surface area (Å²) in [6, 6.07) is 17.3. The molecule has 38 heavy (non-hydrogen) atoms. The van der Waals surface area contributed by atoms with Gasteiger partial charge in [0.2, 0.25) is 5.91 Å². The van der Waals surface area contributed by atoms with Crippen LogP contribution >= 0.6 is 11.8 Å². The van der Waals surface area contributed by atoms with Crippen molar-refractivity contribution < 1.29 is 19.1 Å². The highest BCUT2D eigenvalue weighted by Gasteiger charge is 2.41. The summed E-state index contributed by atoms with van der Waals surface area (Å²) in [5.41, 5.74) is 3.77. The lowest BCUT2D eigenvalue weighted by atomic mass is 9.93. The van der Waals surface area contributed by atoms with Crippen LogP contribution < -0.4 is 10.1 Å². The number of nitrogens with zero attached hydrogens (tertiary/aromatic N) is 2. The quantitative estimate of drug-likeness (QED) is 0.372. The van der Waals surface area contributed by atoms with Crippen molar-refractivity contribution in [1.29, 1.82) is 0 Å². The molecule has 1 amide bonds. The largest absolute Gasteiger partial charge is 0.489 e. The average molecular weight is 534 g/mol. The fraction of sp³-hybridized carbons (Fsp3) is 0.367. The monoisotopic (exact) mass is 533 g/mol. The van der Waals surface area contributed by atoms with Crippen molar-refractivity contribution in [3.63, 3.8) is 0 Å². The second kappa shape index (κ2) is 12.3. The first-order chi connectivity index (χ1) is 18.3. The van der Waals surface area contributed by atoms with Crippen LogP contribution in [-0.4, -0.2) is 34.1 Å². The summed E-state index contributed by atoms with van der Waals surface area (Å²) < 4.78 is 11.8. The van der Waals surface area contributed by atoms with Gasteiger partial charge in [0.1, 0.15) is 12.4 Å². The van der Waals surface area contributed by atoms with Crippen LogP contribution in [0.2, 0.25) is 0 Å². The summed E-state index contributed by atoms with van der Waals surface area (Å²) in [5.74, 6) is 0.210. The van der Waals surface area contributed by atoms with Gasteiger partial charge in [-0.25, -0.2) is 9.79 Å². The molecule has 200 valence electrons. The van der Waals surface area contributed by atoms with E-state index in [1.807, 2.05) is 99.5 Å². The lowest BCUT2D eigenvalue weighted by molar-refractivity contribution is -0.143. The highest BCUT2D eigenvalue weighted by atomic mass is 32.2. The Kier molecular flexibility index (Phi) is 8.94. The number of allylic oxidation sites excluding steroid dienone is 1. The Labute approximate surface area is 229 Å². The molecule has 2 aromatic rings. The maximum Gasteiger partial charge on any atom is 0.338 e. The summed E-state index contributed by atoms with van der Waals surface area (Å²) in [5, 5.41) is 5.72. The third kappa shape index (κ3) is 6.48. The van der Waals surface area contributed by atoms with E-state index in [1.165, 1.54) is 11.8 Å². The molecule has 0 fully saturated rings. The Balaban J connectivity index is 1.68. The van der Waals surface area contributed by atoms with Gasteiger partial charge in [-0.15, -0.1) is 0 Å². The van der Waals surface area contributed by atoms with Crippen LogP contribution in [0.15, 0.2) is 82.0 Å². The highest BCUT2D eigenvalue weighted by molar-refractivity contribution is 8.16. The third-order valence-corrected chi connectivity index (χ3v) is 7.24. The second-order valence-corrected chi connectivity index (χ2v) is 10.6. The van der Waals surface area contributed by atoms with Crippen molar-refractivity contribution in [2.24, 2.45) is 4.99 Å². The van der Waals surface area contributed by atoms with Gasteiger partial charge < -0.3 is 19.7 Å². The minimum Gasteiger partial charge on any atom is -0.489 e. The van der Waals surface area contributed by atoms with E-state index in [2.05, 4.69) is 5.32 Å². The fourth-order valence-electron chi connectivity index (χ4n) is 4.33. The predicted molar refractivity (Wildman–Crippen MR) is 151 cm³/mol. The molecule has 0 aliphatic carbocycles. The van der Waals surface area contributed by atoms with Crippen LogP contribution in [0.1, 0.15) is 64.6 Å². The Bertz CT molecular complexity index is 1270. The van der Waals surface area contributed by atoms with Crippen molar-refractivity contribution >= 4 is 28.8 Å². The van der Waals surface area contributed by atoms with Gasteiger partial charge in [0.15, 0.2) is 5.17 Å². The van der Waals surface area contributed by atoms with E-state index in [1.54, 1.807) is 0 Å². The molecule has 7 nitrogen and oxygen atoms in total. The molecule has 2 aromatic carbocycles. The maximum atomic E-state index is 13.4. The molecule has 0 saturated carbocycles. The lowest BCUT2D eigenvalue weighted by Gasteiger charge is -2.36. The minimum atomic E-state index is -0.508. The number of carbonyl (C=O) groups excluding carboxylic acids is 2. The smallest absolute Gasteiger partial charge is 0.338 e. The van der Waals surface area contributed by atoms with Crippen molar-refractivity contribution in [2.45, 2.75) is 72.3 Å². The van der Waals surface area contributed by atoms with Crippen LogP contribution in [0.5, 0.6) is 5.75 Å². The van der Waals surface area contributed by atoms with Gasteiger partial charge in [-0.1, -0.05) is 61.2 Å². The minimum absolute atomic E-state index is 0.0660. The number of aliphatic imine (C=N–C) groups is 1.